The molecule has 0 aliphatic rings. The van der Waals surface area contributed by atoms with Gasteiger partial charge in [0.1, 0.15) is 5.82 Å². The number of halogens is 1. The average Bonchev–Trinajstić information content (AvgIpc) is 2.47. The summed E-state index contributed by atoms with van der Waals surface area (Å²) in [5.74, 6) is -1.07. The highest BCUT2D eigenvalue weighted by atomic mass is 32.2. The van der Waals surface area contributed by atoms with E-state index in [9.17, 15) is 17.6 Å². The lowest BCUT2D eigenvalue weighted by Crippen LogP contribution is -2.41. The number of anilines is 1. The summed E-state index contributed by atoms with van der Waals surface area (Å²) in [4.78, 5) is 12.0. The van der Waals surface area contributed by atoms with E-state index in [1.807, 2.05) is 0 Å². The van der Waals surface area contributed by atoms with E-state index in [-0.39, 0.29) is 10.6 Å². The van der Waals surface area contributed by atoms with E-state index in [1.54, 1.807) is 18.2 Å². The molecule has 2 aromatic rings. The second-order valence-corrected chi connectivity index (χ2v) is 6.37. The first kappa shape index (κ1) is 16.1. The van der Waals surface area contributed by atoms with Gasteiger partial charge >= 0.3 is 0 Å². The number of amides is 1. The zero-order chi connectivity index (χ0) is 16.2. The van der Waals surface area contributed by atoms with Gasteiger partial charge in [-0.3, -0.25) is 4.79 Å². The first-order valence-electron chi connectivity index (χ1n) is 6.52. The SMILES string of the molecule is CC(NS(=O)(=O)c1ccccc1)C(=O)Nc1cccc(F)c1. The largest absolute Gasteiger partial charge is 0.325 e. The summed E-state index contributed by atoms with van der Waals surface area (Å²) in [6.07, 6.45) is 0. The summed E-state index contributed by atoms with van der Waals surface area (Å²) in [6.45, 7) is 1.41. The van der Waals surface area contributed by atoms with Crippen molar-refractivity contribution in [1.29, 1.82) is 0 Å². The van der Waals surface area contributed by atoms with Gasteiger partial charge in [-0.25, -0.2) is 12.8 Å². The van der Waals surface area contributed by atoms with Crippen LogP contribution >= 0.6 is 0 Å². The molecule has 1 amide bonds. The fourth-order valence-corrected chi connectivity index (χ4v) is 2.99. The van der Waals surface area contributed by atoms with Crippen molar-refractivity contribution in [2.75, 3.05) is 5.32 Å². The summed E-state index contributed by atoms with van der Waals surface area (Å²) in [5.41, 5.74) is 0.260. The lowest BCUT2D eigenvalue weighted by Gasteiger charge is -2.14. The Kier molecular flexibility index (Phi) is 4.89. The normalized spacial score (nSPS) is 12.6. The molecule has 0 radical (unpaired) electrons. The summed E-state index contributed by atoms with van der Waals surface area (Å²) in [7, 11) is -3.79. The van der Waals surface area contributed by atoms with Crippen LogP contribution in [-0.4, -0.2) is 20.4 Å². The minimum absolute atomic E-state index is 0.0698. The standard InChI is InChI=1S/C15H15FN2O3S/c1-11(15(19)17-13-7-5-6-12(16)10-13)18-22(20,21)14-8-3-2-4-9-14/h2-11,18H,1H3,(H,17,19). The molecule has 0 fully saturated rings. The van der Waals surface area contributed by atoms with E-state index in [1.165, 1.54) is 37.3 Å². The molecular formula is C15H15FN2O3S. The number of rotatable bonds is 5. The van der Waals surface area contributed by atoms with Gasteiger partial charge in [0.2, 0.25) is 15.9 Å². The van der Waals surface area contributed by atoms with Crippen molar-refractivity contribution in [3.63, 3.8) is 0 Å². The van der Waals surface area contributed by atoms with Crippen LogP contribution < -0.4 is 10.0 Å². The van der Waals surface area contributed by atoms with Gasteiger partial charge in [0.25, 0.3) is 0 Å². The highest BCUT2D eigenvalue weighted by Gasteiger charge is 2.21. The lowest BCUT2D eigenvalue weighted by atomic mass is 10.3. The predicted octanol–water partition coefficient (Wildman–Crippen LogP) is 2.13. The average molecular weight is 322 g/mol. The Labute approximate surface area is 128 Å². The van der Waals surface area contributed by atoms with Gasteiger partial charge < -0.3 is 5.32 Å². The Morgan fingerprint density at radius 3 is 2.41 bits per heavy atom. The summed E-state index contributed by atoms with van der Waals surface area (Å²) < 4.78 is 39.5. The highest BCUT2D eigenvalue weighted by Crippen LogP contribution is 2.11. The van der Waals surface area contributed by atoms with E-state index in [0.717, 1.165) is 6.07 Å². The molecule has 0 aliphatic heterocycles. The van der Waals surface area contributed by atoms with Gasteiger partial charge in [-0.05, 0) is 37.3 Å². The molecule has 0 saturated carbocycles. The van der Waals surface area contributed by atoms with Gasteiger partial charge in [0.05, 0.1) is 10.9 Å². The maximum atomic E-state index is 13.0. The monoisotopic (exact) mass is 322 g/mol. The van der Waals surface area contributed by atoms with E-state index in [2.05, 4.69) is 10.0 Å². The molecule has 2 aromatic carbocycles. The Morgan fingerprint density at radius 1 is 1.09 bits per heavy atom. The Bertz CT molecular complexity index is 763. The first-order valence-corrected chi connectivity index (χ1v) is 8.00. The van der Waals surface area contributed by atoms with Crippen molar-refractivity contribution >= 4 is 21.6 Å². The van der Waals surface area contributed by atoms with Crippen LogP contribution in [0.5, 0.6) is 0 Å². The predicted molar refractivity (Wildman–Crippen MR) is 81.3 cm³/mol. The van der Waals surface area contributed by atoms with Crippen LogP contribution in [0.15, 0.2) is 59.5 Å². The van der Waals surface area contributed by atoms with Crippen LogP contribution in [0.25, 0.3) is 0 Å². The molecule has 1 atom stereocenters. The molecule has 5 nitrogen and oxygen atoms in total. The van der Waals surface area contributed by atoms with Gasteiger partial charge in [-0.1, -0.05) is 24.3 Å². The molecular weight excluding hydrogens is 307 g/mol. The highest BCUT2D eigenvalue weighted by molar-refractivity contribution is 7.89. The smallest absolute Gasteiger partial charge is 0.242 e. The molecule has 116 valence electrons. The van der Waals surface area contributed by atoms with Crippen LogP contribution in [0.1, 0.15) is 6.92 Å². The molecule has 7 heteroatoms. The first-order chi connectivity index (χ1) is 10.4. The fourth-order valence-electron chi connectivity index (χ4n) is 1.77. The van der Waals surface area contributed by atoms with E-state index >= 15 is 0 Å². The number of nitrogens with one attached hydrogen (secondary N) is 2. The zero-order valence-corrected chi connectivity index (χ0v) is 12.6. The van der Waals surface area contributed by atoms with E-state index < -0.39 is 27.8 Å². The third-order valence-electron chi connectivity index (χ3n) is 2.87. The van der Waals surface area contributed by atoms with Gasteiger partial charge in [-0.15, -0.1) is 0 Å². The number of sulfonamides is 1. The number of benzene rings is 2. The zero-order valence-electron chi connectivity index (χ0n) is 11.8. The minimum atomic E-state index is -3.79. The van der Waals surface area contributed by atoms with Crippen LogP contribution in [0.4, 0.5) is 10.1 Å². The summed E-state index contributed by atoms with van der Waals surface area (Å²) in [5, 5.41) is 2.45. The molecule has 0 aliphatic carbocycles. The summed E-state index contributed by atoms with van der Waals surface area (Å²) >= 11 is 0. The van der Waals surface area contributed by atoms with Crippen molar-refractivity contribution in [2.24, 2.45) is 0 Å². The molecule has 0 aromatic heterocycles. The molecule has 0 saturated heterocycles. The number of carbonyl (C=O) groups excluding carboxylic acids is 1. The maximum Gasteiger partial charge on any atom is 0.242 e. The number of hydrogen-bond acceptors (Lipinski definition) is 3. The molecule has 0 heterocycles. The number of carbonyl (C=O) groups is 1. The Hall–Kier alpha value is -2.25. The van der Waals surface area contributed by atoms with Crippen molar-refractivity contribution in [3.05, 3.63) is 60.4 Å². The second kappa shape index (κ2) is 6.67. The second-order valence-electron chi connectivity index (χ2n) is 4.66. The molecule has 1 unspecified atom stereocenters. The third kappa shape index (κ3) is 4.12. The van der Waals surface area contributed by atoms with Gasteiger partial charge in [0.15, 0.2) is 0 Å². The molecule has 22 heavy (non-hydrogen) atoms. The molecule has 2 rings (SSSR count). The van der Waals surface area contributed by atoms with Crippen LogP contribution in [0.2, 0.25) is 0 Å². The topological polar surface area (TPSA) is 75.3 Å². The minimum Gasteiger partial charge on any atom is -0.325 e. The van der Waals surface area contributed by atoms with Crippen LogP contribution in [0.3, 0.4) is 0 Å². The molecule has 2 N–H and O–H groups in total. The summed E-state index contributed by atoms with van der Waals surface area (Å²) in [6, 6.07) is 12.1. The third-order valence-corrected chi connectivity index (χ3v) is 4.43. The quantitative estimate of drug-likeness (QED) is 0.885. The maximum absolute atomic E-state index is 13.0. The Morgan fingerprint density at radius 2 is 1.77 bits per heavy atom. The lowest BCUT2D eigenvalue weighted by molar-refractivity contribution is -0.117. The van der Waals surface area contributed by atoms with Crippen LogP contribution in [-0.2, 0) is 14.8 Å². The molecule has 0 bridgehead atoms. The van der Waals surface area contributed by atoms with Crippen molar-refractivity contribution < 1.29 is 17.6 Å². The molecule has 0 spiro atoms. The van der Waals surface area contributed by atoms with Gasteiger partial charge in [0, 0.05) is 5.69 Å². The Balaban J connectivity index is 2.05. The van der Waals surface area contributed by atoms with Crippen LogP contribution in [0, 0.1) is 5.82 Å². The van der Waals surface area contributed by atoms with E-state index in [0.29, 0.717) is 0 Å². The fraction of sp³-hybridized carbons (Fsp3) is 0.133. The van der Waals surface area contributed by atoms with Gasteiger partial charge in [-0.2, -0.15) is 4.72 Å². The number of hydrogen-bond donors (Lipinski definition) is 2. The van der Waals surface area contributed by atoms with Crippen molar-refractivity contribution in [3.8, 4) is 0 Å². The van der Waals surface area contributed by atoms with Crippen molar-refractivity contribution in [2.45, 2.75) is 17.9 Å². The van der Waals surface area contributed by atoms with Crippen molar-refractivity contribution in [1.82, 2.24) is 4.72 Å². The van der Waals surface area contributed by atoms with E-state index in [4.69, 9.17) is 0 Å².